The Bertz CT molecular complexity index is 651. The molecule has 5 nitrogen and oxygen atoms in total. The van der Waals surface area contributed by atoms with E-state index in [1.54, 1.807) is 6.07 Å². The van der Waals surface area contributed by atoms with Crippen LogP contribution in [0.25, 0.3) is 0 Å². The van der Waals surface area contributed by atoms with Crippen LogP contribution < -0.4 is 15.8 Å². The lowest BCUT2D eigenvalue weighted by molar-refractivity contribution is -0.168. The predicted molar refractivity (Wildman–Crippen MR) is 86.4 cm³/mol. The van der Waals surface area contributed by atoms with Crippen molar-refractivity contribution in [3.8, 4) is 11.5 Å². The Morgan fingerprint density at radius 3 is 2.50 bits per heavy atom. The molecule has 0 spiro atoms. The molecule has 2 aromatic rings. The molecular weight excluding hydrogens is 280 g/mol. The zero-order chi connectivity index (χ0) is 15.6. The second-order valence-corrected chi connectivity index (χ2v) is 5.73. The van der Waals surface area contributed by atoms with Crippen molar-refractivity contribution in [3.05, 3.63) is 48.0 Å². The van der Waals surface area contributed by atoms with Crippen molar-refractivity contribution in [1.82, 2.24) is 0 Å². The monoisotopic (exact) mass is 300 g/mol. The summed E-state index contributed by atoms with van der Waals surface area (Å²) in [7, 11) is 0. The standard InChI is InChI=1S/C17H20N2O3/c1-12-2-4-13(5-3-12)22-14-6-7-15(18)16(8-14)19-9-17(20)10-21-11-17/h2-8,19-20H,9-11,18H2,1H3. The topological polar surface area (TPSA) is 76.7 Å². The van der Waals surface area contributed by atoms with E-state index in [1.165, 1.54) is 5.56 Å². The first-order chi connectivity index (χ1) is 10.5. The van der Waals surface area contributed by atoms with Crippen LogP contribution in [0.4, 0.5) is 11.4 Å². The van der Waals surface area contributed by atoms with Crippen LogP contribution in [-0.2, 0) is 4.74 Å². The largest absolute Gasteiger partial charge is 0.457 e. The summed E-state index contributed by atoms with van der Waals surface area (Å²) in [6.45, 7) is 3.12. The Hall–Kier alpha value is -2.24. The summed E-state index contributed by atoms with van der Waals surface area (Å²) in [5, 5.41) is 13.2. The fraction of sp³-hybridized carbons (Fsp3) is 0.294. The van der Waals surface area contributed by atoms with Crippen molar-refractivity contribution >= 4 is 11.4 Å². The van der Waals surface area contributed by atoms with Crippen LogP contribution in [0.5, 0.6) is 11.5 Å². The maximum atomic E-state index is 10.0. The van der Waals surface area contributed by atoms with Gasteiger partial charge in [0.2, 0.25) is 0 Å². The maximum absolute atomic E-state index is 10.0. The smallest absolute Gasteiger partial charge is 0.129 e. The van der Waals surface area contributed by atoms with Crippen molar-refractivity contribution in [1.29, 1.82) is 0 Å². The summed E-state index contributed by atoms with van der Waals surface area (Å²) in [5.41, 5.74) is 7.69. The maximum Gasteiger partial charge on any atom is 0.129 e. The molecule has 1 saturated heterocycles. The molecule has 5 heteroatoms. The zero-order valence-corrected chi connectivity index (χ0v) is 12.5. The highest BCUT2D eigenvalue weighted by Gasteiger charge is 2.35. The van der Waals surface area contributed by atoms with Gasteiger partial charge >= 0.3 is 0 Å². The van der Waals surface area contributed by atoms with Crippen molar-refractivity contribution in [3.63, 3.8) is 0 Å². The molecule has 1 heterocycles. The van der Waals surface area contributed by atoms with E-state index in [2.05, 4.69) is 5.32 Å². The highest BCUT2D eigenvalue weighted by atomic mass is 16.5. The third-order valence-electron chi connectivity index (χ3n) is 3.63. The van der Waals surface area contributed by atoms with Crippen LogP contribution in [0, 0.1) is 6.92 Å². The first kappa shape index (κ1) is 14.7. The molecular formula is C17H20N2O3. The first-order valence-electron chi connectivity index (χ1n) is 7.22. The number of nitrogens with two attached hydrogens (primary N) is 1. The fourth-order valence-corrected chi connectivity index (χ4v) is 2.19. The molecule has 0 aromatic heterocycles. The minimum atomic E-state index is -0.805. The van der Waals surface area contributed by atoms with Crippen molar-refractivity contribution < 1.29 is 14.6 Å². The van der Waals surface area contributed by atoms with Crippen LogP contribution >= 0.6 is 0 Å². The summed E-state index contributed by atoms with van der Waals surface area (Å²) < 4.78 is 10.8. The van der Waals surface area contributed by atoms with Crippen molar-refractivity contribution in [2.75, 3.05) is 30.8 Å². The lowest BCUT2D eigenvalue weighted by Gasteiger charge is -2.36. The van der Waals surface area contributed by atoms with Gasteiger partial charge in [-0.25, -0.2) is 0 Å². The van der Waals surface area contributed by atoms with Gasteiger partial charge in [-0.2, -0.15) is 0 Å². The second kappa shape index (κ2) is 5.87. The van der Waals surface area contributed by atoms with Gasteiger partial charge in [0, 0.05) is 12.6 Å². The molecule has 4 N–H and O–H groups in total. The number of nitrogen functional groups attached to an aromatic ring is 1. The van der Waals surface area contributed by atoms with Crippen LogP contribution in [0.2, 0.25) is 0 Å². The average Bonchev–Trinajstić information content (AvgIpc) is 2.48. The molecule has 2 aromatic carbocycles. The molecule has 116 valence electrons. The lowest BCUT2D eigenvalue weighted by Crippen LogP contribution is -2.54. The van der Waals surface area contributed by atoms with E-state index in [-0.39, 0.29) is 0 Å². The molecule has 22 heavy (non-hydrogen) atoms. The van der Waals surface area contributed by atoms with Gasteiger partial charge in [-0.3, -0.25) is 0 Å². The van der Waals surface area contributed by atoms with Crippen molar-refractivity contribution in [2.24, 2.45) is 0 Å². The van der Waals surface area contributed by atoms with Gasteiger partial charge in [0.15, 0.2) is 0 Å². The van der Waals surface area contributed by atoms with Gasteiger partial charge in [-0.05, 0) is 31.2 Å². The summed E-state index contributed by atoms with van der Waals surface area (Å²) in [4.78, 5) is 0. The van der Waals surface area contributed by atoms with Gasteiger partial charge in [-0.15, -0.1) is 0 Å². The van der Waals surface area contributed by atoms with E-state index < -0.39 is 5.60 Å². The Kier molecular flexibility index (Phi) is 3.92. The Morgan fingerprint density at radius 2 is 1.86 bits per heavy atom. The van der Waals surface area contributed by atoms with Gasteiger partial charge in [0.25, 0.3) is 0 Å². The number of hydrogen-bond donors (Lipinski definition) is 3. The average molecular weight is 300 g/mol. The molecule has 0 bridgehead atoms. The molecule has 0 aliphatic carbocycles. The molecule has 0 atom stereocenters. The number of rotatable bonds is 5. The second-order valence-electron chi connectivity index (χ2n) is 5.73. The summed E-state index contributed by atoms with van der Waals surface area (Å²) in [5.74, 6) is 1.46. The van der Waals surface area contributed by atoms with Gasteiger partial charge < -0.3 is 25.6 Å². The molecule has 0 unspecified atom stereocenters. The first-order valence-corrected chi connectivity index (χ1v) is 7.22. The van der Waals surface area contributed by atoms with Gasteiger partial charge in [-0.1, -0.05) is 17.7 Å². The number of anilines is 2. The van der Waals surface area contributed by atoms with E-state index in [9.17, 15) is 5.11 Å². The SMILES string of the molecule is Cc1ccc(Oc2ccc(N)c(NCC3(O)COC3)c2)cc1. The van der Waals surface area contributed by atoms with E-state index in [0.29, 0.717) is 31.2 Å². The fourth-order valence-electron chi connectivity index (χ4n) is 2.19. The molecule has 0 saturated carbocycles. The quantitative estimate of drug-likeness (QED) is 0.740. The minimum absolute atomic E-state index is 0.347. The Morgan fingerprint density at radius 1 is 1.18 bits per heavy atom. The Balaban J connectivity index is 1.70. The predicted octanol–water partition coefficient (Wildman–Crippen LogP) is 2.54. The summed E-state index contributed by atoms with van der Waals surface area (Å²) >= 11 is 0. The number of ether oxygens (including phenoxy) is 2. The number of hydrogen-bond acceptors (Lipinski definition) is 5. The zero-order valence-electron chi connectivity index (χ0n) is 12.5. The number of aliphatic hydroxyl groups is 1. The highest BCUT2D eigenvalue weighted by Crippen LogP contribution is 2.29. The van der Waals surface area contributed by atoms with Crippen LogP contribution in [0.3, 0.4) is 0 Å². The summed E-state index contributed by atoms with van der Waals surface area (Å²) in [6.07, 6.45) is 0. The minimum Gasteiger partial charge on any atom is -0.457 e. The molecule has 1 fully saturated rings. The molecule has 1 aliphatic rings. The third-order valence-corrected chi connectivity index (χ3v) is 3.63. The molecule has 3 rings (SSSR count). The van der Waals surface area contributed by atoms with E-state index in [4.69, 9.17) is 15.2 Å². The van der Waals surface area contributed by atoms with Crippen LogP contribution in [0.1, 0.15) is 5.56 Å². The highest BCUT2D eigenvalue weighted by molar-refractivity contribution is 5.68. The van der Waals surface area contributed by atoms with Crippen LogP contribution in [-0.4, -0.2) is 30.5 Å². The van der Waals surface area contributed by atoms with E-state index >= 15 is 0 Å². The molecule has 1 aliphatic heterocycles. The number of nitrogens with one attached hydrogen (secondary N) is 1. The van der Waals surface area contributed by atoms with Crippen molar-refractivity contribution in [2.45, 2.75) is 12.5 Å². The van der Waals surface area contributed by atoms with E-state index in [1.807, 2.05) is 43.3 Å². The normalized spacial score (nSPS) is 15.9. The molecule has 0 radical (unpaired) electrons. The van der Waals surface area contributed by atoms with Gasteiger partial charge in [0.05, 0.1) is 24.6 Å². The number of aryl methyl sites for hydroxylation is 1. The lowest BCUT2D eigenvalue weighted by atomic mass is 10.0. The summed E-state index contributed by atoms with van der Waals surface area (Å²) in [6, 6.07) is 13.3. The third kappa shape index (κ3) is 3.32. The Labute approximate surface area is 129 Å². The van der Waals surface area contributed by atoms with Gasteiger partial charge in [0.1, 0.15) is 17.1 Å². The van der Waals surface area contributed by atoms with E-state index in [0.717, 1.165) is 11.4 Å². The number of benzene rings is 2. The van der Waals surface area contributed by atoms with Crippen LogP contribution in [0.15, 0.2) is 42.5 Å². The molecule has 0 amide bonds.